The van der Waals surface area contributed by atoms with Gasteiger partial charge in [0.05, 0.1) is 6.54 Å². The second kappa shape index (κ2) is 9.45. The minimum absolute atomic E-state index is 0.122. The lowest BCUT2D eigenvalue weighted by molar-refractivity contribution is -0.127. The van der Waals surface area contributed by atoms with Crippen LogP contribution in [0.4, 0.5) is 4.79 Å². The van der Waals surface area contributed by atoms with Gasteiger partial charge in [-0.2, -0.15) is 0 Å². The Labute approximate surface area is 135 Å². The van der Waals surface area contributed by atoms with Crippen molar-refractivity contribution in [2.75, 3.05) is 13.6 Å². The molecule has 0 heterocycles. The Morgan fingerprint density at radius 2 is 1.78 bits per heavy atom. The van der Waals surface area contributed by atoms with Gasteiger partial charge in [-0.25, -0.2) is 4.79 Å². The van der Waals surface area contributed by atoms with Crippen LogP contribution in [-0.2, 0) is 20.9 Å². The third-order valence-electron chi connectivity index (χ3n) is 3.14. The van der Waals surface area contributed by atoms with Gasteiger partial charge in [0.2, 0.25) is 11.8 Å². The Morgan fingerprint density at radius 1 is 1.13 bits per heavy atom. The molecule has 0 aromatic heterocycles. The first-order valence-electron chi connectivity index (χ1n) is 7.39. The molecule has 3 N–H and O–H groups in total. The summed E-state index contributed by atoms with van der Waals surface area (Å²) in [5, 5.41) is 7.40. The van der Waals surface area contributed by atoms with Crippen molar-refractivity contribution in [2.24, 2.45) is 5.92 Å². The van der Waals surface area contributed by atoms with E-state index in [1.54, 1.807) is 13.8 Å². The Bertz CT molecular complexity index is 531. The molecule has 1 rings (SSSR count). The maximum atomic E-state index is 12.1. The minimum Gasteiger partial charge on any atom is -0.445 e. The number of rotatable bonds is 7. The van der Waals surface area contributed by atoms with E-state index in [2.05, 4.69) is 16.0 Å². The monoisotopic (exact) mass is 321 g/mol. The van der Waals surface area contributed by atoms with Gasteiger partial charge in [0, 0.05) is 7.05 Å². The smallest absolute Gasteiger partial charge is 0.408 e. The highest BCUT2D eigenvalue weighted by Crippen LogP contribution is 2.04. The van der Waals surface area contributed by atoms with Crippen LogP contribution in [0, 0.1) is 5.92 Å². The van der Waals surface area contributed by atoms with Crippen LogP contribution in [0.3, 0.4) is 0 Å². The molecule has 0 spiro atoms. The molecule has 7 heteroatoms. The van der Waals surface area contributed by atoms with Gasteiger partial charge in [0.25, 0.3) is 0 Å². The zero-order valence-electron chi connectivity index (χ0n) is 13.6. The molecular formula is C16H23N3O4. The van der Waals surface area contributed by atoms with Crippen LogP contribution in [0.1, 0.15) is 19.4 Å². The van der Waals surface area contributed by atoms with Gasteiger partial charge in [-0.05, 0) is 11.5 Å². The predicted molar refractivity (Wildman–Crippen MR) is 85.5 cm³/mol. The average Bonchev–Trinajstić information content (AvgIpc) is 2.55. The average molecular weight is 321 g/mol. The number of alkyl carbamates (subject to hydrolysis) is 1. The summed E-state index contributed by atoms with van der Waals surface area (Å²) in [6.45, 7) is 3.57. The normalized spacial score (nSPS) is 11.5. The van der Waals surface area contributed by atoms with E-state index in [4.69, 9.17) is 4.74 Å². The van der Waals surface area contributed by atoms with Crippen LogP contribution in [0.2, 0.25) is 0 Å². The number of carbonyl (C=O) groups is 3. The van der Waals surface area contributed by atoms with E-state index < -0.39 is 18.0 Å². The number of benzene rings is 1. The molecule has 0 fully saturated rings. The van der Waals surface area contributed by atoms with Crippen LogP contribution >= 0.6 is 0 Å². The number of hydrogen-bond donors (Lipinski definition) is 3. The van der Waals surface area contributed by atoms with E-state index in [9.17, 15) is 14.4 Å². The molecule has 0 radical (unpaired) electrons. The molecule has 3 amide bonds. The van der Waals surface area contributed by atoms with Gasteiger partial charge in [0.1, 0.15) is 12.6 Å². The molecule has 0 saturated carbocycles. The molecule has 0 aliphatic rings. The summed E-state index contributed by atoms with van der Waals surface area (Å²) in [5.74, 6) is -0.892. The van der Waals surface area contributed by atoms with Crippen molar-refractivity contribution >= 4 is 17.9 Å². The van der Waals surface area contributed by atoms with Crippen LogP contribution in [-0.4, -0.2) is 37.5 Å². The zero-order chi connectivity index (χ0) is 17.2. The third kappa shape index (κ3) is 6.82. The van der Waals surface area contributed by atoms with Gasteiger partial charge in [0.15, 0.2) is 0 Å². The van der Waals surface area contributed by atoms with E-state index in [-0.39, 0.29) is 25.0 Å². The summed E-state index contributed by atoms with van der Waals surface area (Å²) in [6.07, 6.45) is -0.678. The third-order valence-corrected chi connectivity index (χ3v) is 3.14. The van der Waals surface area contributed by atoms with E-state index in [1.807, 2.05) is 30.3 Å². The van der Waals surface area contributed by atoms with Gasteiger partial charge in [-0.1, -0.05) is 44.2 Å². The molecule has 1 aromatic carbocycles. The maximum Gasteiger partial charge on any atom is 0.408 e. The first kappa shape index (κ1) is 18.5. The van der Waals surface area contributed by atoms with Crippen molar-refractivity contribution in [2.45, 2.75) is 26.5 Å². The first-order chi connectivity index (χ1) is 10.9. The Kier molecular flexibility index (Phi) is 7.59. The molecule has 1 aromatic rings. The van der Waals surface area contributed by atoms with Crippen molar-refractivity contribution in [1.82, 2.24) is 16.0 Å². The minimum atomic E-state index is -0.775. The Balaban J connectivity index is 2.49. The van der Waals surface area contributed by atoms with Crippen molar-refractivity contribution in [3.05, 3.63) is 35.9 Å². The van der Waals surface area contributed by atoms with Crippen molar-refractivity contribution in [3.63, 3.8) is 0 Å². The molecule has 0 aliphatic heterocycles. The van der Waals surface area contributed by atoms with Crippen LogP contribution in [0.5, 0.6) is 0 Å². The van der Waals surface area contributed by atoms with E-state index in [0.717, 1.165) is 5.56 Å². The van der Waals surface area contributed by atoms with E-state index in [1.165, 1.54) is 7.05 Å². The van der Waals surface area contributed by atoms with Crippen LogP contribution in [0.25, 0.3) is 0 Å². The quantitative estimate of drug-likeness (QED) is 0.692. The van der Waals surface area contributed by atoms with Gasteiger partial charge >= 0.3 is 6.09 Å². The number of ether oxygens (including phenoxy) is 1. The fourth-order valence-corrected chi connectivity index (χ4v) is 1.79. The summed E-state index contributed by atoms with van der Waals surface area (Å²) in [5.41, 5.74) is 0.854. The number of nitrogens with one attached hydrogen (secondary N) is 3. The summed E-state index contributed by atoms with van der Waals surface area (Å²) in [7, 11) is 1.48. The summed E-state index contributed by atoms with van der Waals surface area (Å²) < 4.78 is 5.10. The van der Waals surface area contributed by atoms with E-state index in [0.29, 0.717) is 0 Å². The van der Waals surface area contributed by atoms with Crippen LogP contribution in [0.15, 0.2) is 30.3 Å². The molecule has 23 heavy (non-hydrogen) atoms. The lowest BCUT2D eigenvalue weighted by atomic mass is 10.0. The van der Waals surface area contributed by atoms with Crippen molar-refractivity contribution in [1.29, 1.82) is 0 Å². The number of carbonyl (C=O) groups excluding carboxylic acids is 3. The van der Waals surface area contributed by atoms with Gasteiger partial charge in [-0.15, -0.1) is 0 Å². The number of likely N-dealkylation sites (N-methyl/N-ethyl adjacent to an activating group) is 1. The SMILES string of the molecule is CNC(=O)CNC(=O)C(NC(=O)OCc1ccccc1)C(C)C. The highest BCUT2D eigenvalue weighted by molar-refractivity contribution is 5.89. The number of amides is 3. The molecule has 1 atom stereocenters. The molecule has 0 aliphatic carbocycles. The lowest BCUT2D eigenvalue weighted by Crippen LogP contribution is -2.51. The number of hydrogen-bond acceptors (Lipinski definition) is 4. The molecule has 1 unspecified atom stereocenters. The lowest BCUT2D eigenvalue weighted by Gasteiger charge is -2.21. The fourth-order valence-electron chi connectivity index (χ4n) is 1.79. The molecule has 126 valence electrons. The summed E-state index contributed by atoms with van der Waals surface area (Å²) in [6, 6.07) is 8.46. The van der Waals surface area contributed by atoms with Gasteiger partial charge < -0.3 is 20.7 Å². The summed E-state index contributed by atoms with van der Waals surface area (Å²) >= 11 is 0. The van der Waals surface area contributed by atoms with Gasteiger partial charge in [-0.3, -0.25) is 9.59 Å². The first-order valence-corrected chi connectivity index (χ1v) is 7.39. The van der Waals surface area contributed by atoms with Crippen molar-refractivity contribution < 1.29 is 19.1 Å². The predicted octanol–water partition coefficient (Wildman–Crippen LogP) is 0.800. The zero-order valence-corrected chi connectivity index (χ0v) is 13.6. The van der Waals surface area contributed by atoms with Crippen LogP contribution < -0.4 is 16.0 Å². The molecule has 0 bridgehead atoms. The highest BCUT2D eigenvalue weighted by atomic mass is 16.5. The molecule has 7 nitrogen and oxygen atoms in total. The highest BCUT2D eigenvalue weighted by Gasteiger charge is 2.25. The topological polar surface area (TPSA) is 96.5 Å². The molecular weight excluding hydrogens is 298 g/mol. The largest absolute Gasteiger partial charge is 0.445 e. The Morgan fingerprint density at radius 3 is 2.35 bits per heavy atom. The molecule has 0 saturated heterocycles. The standard InChI is InChI=1S/C16H23N3O4/c1-11(2)14(15(21)18-9-13(20)17-3)19-16(22)23-10-12-7-5-4-6-8-12/h4-8,11,14H,9-10H2,1-3H3,(H,17,20)(H,18,21)(H,19,22). The second-order valence-corrected chi connectivity index (χ2v) is 5.32. The second-order valence-electron chi connectivity index (χ2n) is 5.32. The maximum absolute atomic E-state index is 12.1. The van der Waals surface area contributed by atoms with Crippen molar-refractivity contribution in [3.8, 4) is 0 Å². The Hall–Kier alpha value is -2.57. The van der Waals surface area contributed by atoms with E-state index >= 15 is 0 Å². The fraction of sp³-hybridized carbons (Fsp3) is 0.438. The summed E-state index contributed by atoms with van der Waals surface area (Å²) in [4.78, 5) is 35.0.